The first kappa shape index (κ1) is 10.5. The van der Waals surface area contributed by atoms with Crippen molar-refractivity contribution in [3.63, 3.8) is 0 Å². The summed E-state index contributed by atoms with van der Waals surface area (Å²) in [4.78, 5) is 13.5. The van der Waals surface area contributed by atoms with Crippen LogP contribution in [0.15, 0.2) is 0 Å². The van der Waals surface area contributed by atoms with Crippen LogP contribution in [0, 0.1) is 0 Å². The Morgan fingerprint density at radius 2 is 2.31 bits per heavy atom. The van der Waals surface area contributed by atoms with Crippen LogP contribution < -0.4 is 5.32 Å². The molecule has 1 unspecified atom stereocenters. The summed E-state index contributed by atoms with van der Waals surface area (Å²) in [5.74, 6) is 0.183. The highest BCUT2D eigenvalue weighted by atomic mass is 16.1. The molecule has 0 saturated carbocycles. The van der Waals surface area contributed by atoms with Crippen LogP contribution in [0.3, 0.4) is 0 Å². The van der Waals surface area contributed by atoms with Gasteiger partial charge >= 0.3 is 0 Å². The molecular formula is C10H20N2O. The number of amides is 1. The van der Waals surface area contributed by atoms with Crippen LogP contribution in [-0.2, 0) is 4.79 Å². The Kier molecular flexibility index (Phi) is 4.22. The zero-order valence-electron chi connectivity index (χ0n) is 8.68. The molecule has 1 rings (SSSR count). The third-order valence-electron chi connectivity index (χ3n) is 2.64. The predicted molar refractivity (Wildman–Crippen MR) is 53.6 cm³/mol. The summed E-state index contributed by atoms with van der Waals surface area (Å²) in [6.45, 7) is 7.38. The number of carbonyl (C=O) groups is 1. The maximum atomic E-state index is 11.1. The molecule has 3 heteroatoms. The number of nitrogens with one attached hydrogen (secondary N) is 1. The van der Waals surface area contributed by atoms with Crippen LogP contribution in [0.4, 0.5) is 0 Å². The van der Waals surface area contributed by atoms with Crippen LogP contribution in [0.1, 0.15) is 33.1 Å². The highest BCUT2D eigenvalue weighted by Crippen LogP contribution is 2.09. The first-order valence-corrected chi connectivity index (χ1v) is 5.28. The van der Waals surface area contributed by atoms with Crippen molar-refractivity contribution in [1.82, 2.24) is 10.2 Å². The van der Waals surface area contributed by atoms with Gasteiger partial charge in [-0.3, -0.25) is 4.79 Å². The molecule has 3 nitrogen and oxygen atoms in total. The second-order valence-corrected chi connectivity index (χ2v) is 3.65. The summed E-state index contributed by atoms with van der Waals surface area (Å²) in [7, 11) is 0. The van der Waals surface area contributed by atoms with Crippen LogP contribution >= 0.6 is 0 Å². The summed E-state index contributed by atoms with van der Waals surface area (Å²) in [5.41, 5.74) is 0. The Morgan fingerprint density at radius 1 is 1.54 bits per heavy atom. The maximum Gasteiger partial charge on any atom is 0.219 e. The molecule has 0 aromatic heterocycles. The van der Waals surface area contributed by atoms with E-state index in [1.54, 1.807) is 0 Å². The number of likely N-dealkylation sites (tertiary alicyclic amines) is 1. The third kappa shape index (κ3) is 3.35. The van der Waals surface area contributed by atoms with Gasteiger partial charge in [0.1, 0.15) is 0 Å². The van der Waals surface area contributed by atoms with Gasteiger partial charge in [-0.25, -0.2) is 0 Å². The quantitative estimate of drug-likeness (QED) is 0.709. The molecule has 1 saturated heterocycles. The minimum Gasteiger partial charge on any atom is -0.352 e. The second kappa shape index (κ2) is 5.22. The van der Waals surface area contributed by atoms with Crippen molar-refractivity contribution in [1.29, 1.82) is 0 Å². The number of hydrogen-bond donors (Lipinski definition) is 1. The van der Waals surface area contributed by atoms with Crippen LogP contribution in [0.5, 0.6) is 0 Å². The number of carbonyl (C=O) groups excluding carboxylic acids is 1. The highest BCUT2D eigenvalue weighted by molar-refractivity contribution is 5.75. The third-order valence-corrected chi connectivity index (χ3v) is 2.64. The molecule has 1 atom stereocenters. The lowest BCUT2D eigenvalue weighted by atomic mass is 10.1. The molecule has 0 aliphatic carbocycles. The fourth-order valence-electron chi connectivity index (χ4n) is 1.79. The lowest BCUT2D eigenvalue weighted by Crippen LogP contribution is -2.47. The van der Waals surface area contributed by atoms with E-state index in [1.807, 2.05) is 6.92 Å². The summed E-state index contributed by atoms with van der Waals surface area (Å²) in [5, 5.41) is 3.05. The summed E-state index contributed by atoms with van der Waals surface area (Å²) < 4.78 is 0. The standard InChI is InChI=1S/C10H20N2O/c1-3-10(13)11-9-6-5-7-12(4-2)8-9/h9H,3-8H2,1-2H3,(H,11,13). The molecule has 1 fully saturated rings. The molecule has 0 spiro atoms. The summed E-state index contributed by atoms with van der Waals surface area (Å²) in [6, 6.07) is 0.390. The van der Waals surface area contributed by atoms with Crippen molar-refractivity contribution in [2.45, 2.75) is 39.2 Å². The first-order valence-electron chi connectivity index (χ1n) is 5.28. The van der Waals surface area contributed by atoms with Gasteiger partial charge in [-0.2, -0.15) is 0 Å². The molecule has 0 aromatic carbocycles. The lowest BCUT2D eigenvalue weighted by Gasteiger charge is -2.32. The minimum atomic E-state index is 0.183. The lowest BCUT2D eigenvalue weighted by molar-refractivity contribution is -0.121. The second-order valence-electron chi connectivity index (χ2n) is 3.65. The van der Waals surface area contributed by atoms with Crippen molar-refractivity contribution in [3.8, 4) is 0 Å². The average molecular weight is 184 g/mol. The normalized spacial score (nSPS) is 24.3. The SMILES string of the molecule is CCC(=O)NC1CCCN(CC)C1. The van der Waals surface area contributed by atoms with Crippen molar-refractivity contribution in [3.05, 3.63) is 0 Å². The van der Waals surface area contributed by atoms with Gasteiger partial charge in [0.05, 0.1) is 0 Å². The highest BCUT2D eigenvalue weighted by Gasteiger charge is 2.19. The predicted octanol–water partition coefficient (Wildman–Crippen LogP) is 0.997. The van der Waals surface area contributed by atoms with Crippen LogP contribution in [-0.4, -0.2) is 36.5 Å². The summed E-state index contributed by atoms with van der Waals surface area (Å²) in [6.07, 6.45) is 2.95. The number of nitrogens with zero attached hydrogens (tertiary/aromatic N) is 1. The molecule has 13 heavy (non-hydrogen) atoms. The molecule has 1 N–H and O–H groups in total. The van der Waals surface area contributed by atoms with E-state index in [2.05, 4.69) is 17.1 Å². The first-order chi connectivity index (χ1) is 6.26. The van der Waals surface area contributed by atoms with E-state index in [4.69, 9.17) is 0 Å². The smallest absolute Gasteiger partial charge is 0.219 e. The van der Waals surface area contributed by atoms with E-state index in [1.165, 1.54) is 13.0 Å². The van der Waals surface area contributed by atoms with Gasteiger partial charge in [-0.15, -0.1) is 0 Å². The van der Waals surface area contributed by atoms with Gasteiger partial charge < -0.3 is 10.2 Å². The van der Waals surface area contributed by atoms with Gasteiger partial charge in [0.2, 0.25) is 5.91 Å². The van der Waals surface area contributed by atoms with Crippen molar-refractivity contribution in [2.75, 3.05) is 19.6 Å². The van der Waals surface area contributed by atoms with E-state index in [0.29, 0.717) is 12.5 Å². The molecule has 0 bridgehead atoms. The molecule has 0 radical (unpaired) electrons. The molecule has 76 valence electrons. The number of likely N-dealkylation sites (N-methyl/N-ethyl adjacent to an activating group) is 1. The molecule has 1 aliphatic heterocycles. The molecule has 1 aliphatic rings. The topological polar surface area (TPSA) is 32.3 Å². The Morgan fingerprint density at radius 3 is 2.92 bits per heavy atom. The Bertz CT molecular complexity index is 170. The monoisotopic (exact) mass is 184 g/mol. The van der Waals surface area contributed by atoms with Crippen LogP contribution in [0.25, 0.3) is 0 Å². The summed E-state index contributed by atoms with van der Waals surface area (Å²) >= 11 is 0. The minimum absolute atomic E-state index is 0.183. The number of piperidine rings is 1. The average Bonchev–Trinajstić information content (AvgIpc) is 2.18. The van der Waals surface area contributed by atoms with E-state index in [-0.39, 0.29) is 5.91 Å². The van der Waals surface area contributed by atoms with Gasteiger partial charge in [0.15, 0.2) is 0 Å². The largest absolute Gasteiger partial charge is 0.352 e. The zero-order chi connectivity index (χ0) is 9.68. The van der Waals surface area contributed by atoms with Crippen molar-refractivity contribution in [2.24, 2.45) is 0 Å². The zero-order valence-corrected chi connectivity index (χ0v) is 8.68. The molecule has 1 heterocycles. The Hall–Kier alpha value is -0.570. The Labute approximate surface area is 80.5 Å². The number of hydrogen-bond acceptors (Lipinski definition) is 2. The molecule has 1 amide bonds. The Balaban J connectivity index is 2.29. The van der Waals surface area contributed by atoms with Crippen LogP contribution in [0.2, 0.25) is 0 Å². The van der Waals surface area contributed by atoms with Gasteiger partial charge in [-0.05, 0) is 25.9 Å². The molecular weight excluding hydrogens is 164 g/mol. The maximum absolute atomic E-state index is 11.1. The van der Waals surface area contributed by atoms with E-state index < -0.39 is 0 Å². The van der Waals surface area contributed by atoms with E-state index in [0.717, 1.165) is 19.5 Å². The molecule has 0 aromatic rings. The van der Waals surface area contributed by atoms with Gasteiger partial charge in [0.25, 0.3) is 0 Å². The fraction of sp³-hybridized carbons (Fsp3) is 0.900. The van der Waals surface area contributed by atoms with E-state index in [9.17, 15) is 4.79 Å². The fourth-order valence-corrected chi connectivity index (χ4v) is 1.79. The van der Waals surface area contributed by atoms with Crippen molar-refractivity contribution < 1.29 is 4.79 Å². The van der Waals surface area contributed by atoms with E-state index >= 15 is 0 Å². The van der Waals surface area contributed by atoms with Gasteiger partial charge in [0, 0.05) is 19.0 Å². The van der Waals surface area contributed by atoms with Gasteiger partial charge in [-0.1, -0.05) is 13.8 Å². The number of rotatable bonds is 3. The van der Waals surface area contributed by atoms with Crippen molar-refractivity contribution >= 4 is 5.91 Å².